The molecule has 0 N–H and O–H groups in total. The second-order valence-corrected chi connectivity index (χ2v) is 9.48. The molecule has 0 bridgehead atoms. The molecule has 0 amide bonds. The predicted molar refractivity (Wildman–Crippen MR) is 94.8 cm³/mol. The zero-order valence-electron chi connectivity index (χ0n) is 14.1. The Balaban J connectivity index is 1.90. The maximum atomic E-state index is 12.7. The predicted octanol–water partition coefficient (Wildman–Crippen LogP) is 5.11. The van der Waals surface area contributed by atoms with Gasteiger partial charge in [-0.25, -0.2) is 4.79 Å². The van der Waals surface area contributed by atoms with Gasteiger partial charge in [0, 0.05) is 12.0 Å². The van der Waals surface area contributed by atoms with Crippen LogP contribution in [0.2, 0.25) is 0 Å². The number of carbonyl (C=O) groups excluding carboxylic acids is 2. The molecule has 23 heavy (non-hydrogen) atoms. The van der Waals surface area contributed by atoms with Crippen molar-refractivity contribution >= 4 is 34.9 Å². The van der Waals surface area contributed by atoms with Crippen LogP contribution in [0.3, 0.4) is 0 Å². The van der Waals surface area contributed by atoms with Crippen LogP contribution in [0.4, 0.5) is 0 Å². The molecule has 1 aromatic heterocycles. The molecule has 3 rings (SSSR count). The molecule has 2 aliphatic rings. The number of carbonyl (C=O) groups is 2. The van der Waals surface area contributed by atoms with E-state index >= 15 is 0 Å². The number of rotatable bonds is 3. The van der Waals surface area contributed by atoms with Crippen molar-refractivity contribution in [3.05, 3.63) is 16.0 Å². The third kappa shape index (κ3) is 3.50. The number of Topliss-reactive ketones (excluding diaryl/α,β-unsaturated/α-hetero) is 1. The van der Waals surface area contributed by atoms with Gasteiger partial charge in [-0.3, -0.25) is 4.79 Å². The molecule has 2 aliphatic carbocycles. The monoisotopic (exact) mass is 352 g/mol. The van der Waals surface area contributed by atoms with Crippen molar-refractivity contribution in [2.24, 2.45) is 5.41 Å². The zero-order chi connectivity index (χ0) is 16.6. The van der Waals surface area contributed by atoms with Crippen LogP contribution in [0.1, 0.15) is 78.0 Å². The highest BCUT2D eigenvalue weighted by Crippen LogP contribution is 2.44. The first-order valence-corrected chi connectivity index (χ1v) is 10.4. The first kappa shape index (κ1) is 17.0. The summed E-state index contributed by atoms with van der Waals surface area (Å²) in [5.41, 5.74) is 1.64. The van der Waals surface area contributed by atoms with Crippen molar-refractivity contribution in [3.63, 3.8) is 0 Å². The topological polar surface area (TPSA) is 43.4 Å². The van der Waals surface area contributed by atoms with Gasteiger partial charge in [-0.1, -0.05) is 20.3 Å². The van der Waals surface area contributed by atoms with Gasteiger partial charge < -0.3 is 4.74 Å². The van der Waals surface area contributed by atoms with Gasteiger partial charge in [-0.15, -0.1) is 23.1 Å². The molecule has 3 nitrogen and oxygen atoms in total. The van der Waals surface area contributed by atoms with Gasteiger partial charge in [-0.2, -0.15) is 0 Å². The van der Waals surface area contributed by atoms with E-state index < -0.39 is 0 Å². The standard InChI is InChI=1S/C18H24O3S2/c1-18(2)9-12-14(13(19)10-18)17(22-3)23-15(12)16(20)21-11-7-5-4-6-8-11/h11H,4-10H2,1-3H3. The number of hydrogen-bond donors (Lipinski definition) is 0. The summed E-state index contributed by atoms with van der Waals surface area (Å²) in [6, 6.07) is 0. The van der Waals surface area contributed by atoms with Crippen molar-refractivity contribution in [2.45, 2.75) is 69.1 Å². The van der Waals surface area contributed by atoms with E-state index in [0.717, 1.165) is 47.4 Å². The van der Waals surface area contributed by atoms with Crippen molar-refractivity contribution in [1.82, 2.24) is 0 Å². The summed E-state index contributed by atoms with van der Waals surface area (Å²) in [4.78, 5) is 25.9. The third-order valence-electron chi connectivity index (χ3n) is 4.74. The summed E-state index contributed by atoms with van der Waals surface area (Å²) in [6.07, 6.45) is 8.82. The highest BCUT2D eigenvalue weighted by atomic mass is 32.2. The quantitative estimate of drug-likeness (QED) is 0.560. The van der Waals surface area contributed by atoms with Crippen LogP contribution in [0.5, 0.6) is 0 Å². The molecule has 0 atom stereocenters. The maximum Gasteiger partial charge on any atom is 0.348 e. The number of thioether (sulfide) groups is 1. The number of ketones is 1. The molecule has 1 aromatic rings. The van der Waals surface area contributed by atoms with E-state index in [1.807, 2.05) is 6.26 Å². The molecule has 126 valence electrons. The van der Waals surface area contributed by atoms with Crippen LogP contribution in [0.15, 0.2) is 4.21 Å². The average molecular weight is 353 g/mol. The zero-order valence-corrected chi connectivity index (χ0v) is 15.7. The van der Waals surface area contributed by atoms with E-state index in [0.29, 0.717) is 11.3 Å². The van der Waals surface area contributed by atoms with Gasteiger partial charge in [0.2, 0.25) is 0 Å². The third-order valence-corrected chi connectivity index (χ3v) is 7.08. The van der Waals surface area contributed by atoms with Crippen LogP contribution in [0.25, 0.3) is 0 Å². The Morgan fingerprint density at radius 2 is 1.91 bits per heavy atom. The van der Waals surface area contributed by atoms with Crippen molar-refractivity contribution in [3.8, 4) is 0 Å². The van der Waals surface area contributed by atoms with Crippen LogP contribution >= 0.6 is 23.1 Å². The fourth-order valence-electron chi connectivity index (χ4n) is 3.65. The highest BCUT2D eigenvalue weighted by Gasteiger charge is 2.38. The van der Waals surface area contributed by atoms with Crippen LogP contribution in [-0.2, 0) is 11.2 Å². The second kappa shape index (κ2) is 6.60. The maximum absolute atomic E-state index is 12.7. The van der Waals surface area contributed by atoms with Gasteiger partial charge in [0.25, 0.3) is 0 Å². The number of esters is 1. The first-order valence-electron chi connectivity index (χ1n) is 8.35. The van der Waals surface area contributed by atoms with Gasteiger partial charge in [0.05, 0.1) is 4.21 Å². The van der Waals surface area contributed by atoms with Crippen LogP contribution < -0.4 is 0 Å². The van der Waals surface area contributed by atoms with Crippen molar-refractivity contribution in [2.75, 3.05) is 6.26 Å². The van der Waals surface area contributed by atoms with Gasteiger partial charge >= 0.3 is 5.97 Å². The van der Waals surface area contributed by atoms with Crippen LogP contribution in [-0.4, -0.2) is 24.1 Å². The molecule has 1 fully saturated rings. The summed E-state index contributed by atoms with van der Waals surface area (Å²) in [7, 11) is 0. The summed E-state index contributed by atoms with van der Waals surface area (Å²) >= 11 is 3.01. The molecular weight excluding hydrogens is 328 g/mol. The average Bonchev–Trinajstić information content (AvgIpc) is 2.85. The first-order chi connectivity index (χ1) is 10.9. The number of thiophene rings is 1. The molecule has 0 aromatic carbocycles. The Labute approximate surface area is 146 Å². The molecule has 1 saturated carbocycles. The molecule has 1 heterocycles. The minimum atomic E-state index is -0.219. The summed E-state index contributed by atoms with van der Waals surface area (Å²) in [6.45, 7) is 4.20. The lowest BCUT2D eigenvalue weighted by molar-refractivity contribution is 0.0215. The van der Waals surface area contributed by atoms with E-state index in [1.165, 1.54) is 17.8 Å². The molecule has 5 heteroatoms. The molecule has 0 unspecified atom stereocenters. The SMILES string of the molecule is CSc1sc(C(=O)OC2CCCCC2)c2c1C(=O)CC(C)(C)C2. The van der Waals surface area contributed by atoms with Crippen molar-refractivity contribution in [1.29, 1.82) is 0 Å². The molecular formula is C18H24O3S2. The Kier molecular flexibility index (Phi) is 4.88. The lowest BCUT2D eigenvalue weighted by Gasteiger charge is -2.29. The number of ether oxygens (including phenoxy) is 1. The number of hydrogen-bond acceptors (Lipinski definition) is 5. The Bertz CT molecular complexity index is 624. The second-order valence-electron chi connectivity index (χ2n) is 7.38. The van der Waals surface area contributed by atoms with Gasteiger partial charge in [0.1, 0.15) is 11.0 Å². The van der Waals surface area contributed by atoms with E-state index in [-0.39, 0.29) is 23.3 Å². The summed E-state index contributed by atoms with van der Waals surface area (Å²) < 4.78 is 6.72. The fourth-order valence-corrected chi connectivity index (χ4v) is 5.63. The molecule has 0 spiro atoms. The highest BCUT2D eigenvalue weighted by molar-refractivity contribution is 8.00. The summed E-state index contributed by atoms with van der Waals surface area (Å²) in [5.74, 6) is -0.0440. The lowest BCUT2D eigenvalue weighted by Crippen LogP contribution is -2.28. The minimum absolute atomic E-state index is 0.0547. The van der Waals surface area contributed by atoms with E-state index in [2.05, 4.69) is 13.8 Å². The van der Waals surface area contributed by atoms with Crippen LogP contribution in [0, 0.1) is 5.41 Å². The largest absolute Gasteiger partial charge is 0.458 e. The Hall–Kier alpha value is -0.810. The molecule has 0 radical (unpaired) electrons. The normalized spacial score (nSPS) is 21.1. The van der Waals surface area contributed by atoms with E-state index in [4.69, 9.17) is 4.74 Å². The molecule has 0 saturated heterocycles. The Morgan fingerprint density at radius 3 is 2.57 bits per heavy atom. The number of fused-ring (bicyclic) bond motifs is 1. The Morgan fingerprint density at radius 1 is 1.22 bits per heavy atom. The fraction of sp³-hybridized carbons (Fsp3) is 0.667. The molecule has 0 aliphatic heterocycles. The van der Waals surface area contributed by atoms with Gasteiger partial charge in [0.15, 0.2) is 5.78 Å². The van der Waals surface area contributed by atoms with Crippen molar-refractivity contribution < 1.29 is 14.3 Å². The summed E-state index contributed by atoms with van der Waals surface area (Å²) in [5, 5.41) is 0. The lowest BCUT2D eigenvalue weighted by atomic mass is 9.74. The van der Waals surface area contributed by atoms with E-state index in [9.17, 15) is 9.59 Å². The van der Waals surface area contributed by atoms with E-state index in [1.54, 1.807) is 11.8 Å². The minimum Gasteiger partial charge on any atom is -0.458 e. The van der Waals surface area contributed by atoms with Gasteiger partial charge in [-0.05, 0) is 49.3 Å². The smallest absolute Gasteiger partial charge is 0.348 e.